The summed E-state index contributed by atoms with van der Waals surface area (Å²) in [4.78, 5) is 41.4. The Hall–Kier alpha value is -2.50. The van der Waals surface area contributed by atoms with Crippen molar-refractivity contribution < 1.29 is 53.5 Å². The summed E-state index contributed by atoms with van der Waals surface area (Å²) >= 11 is 0. The molecule has 0 aromatic heterocycles. The van der Waals surface area contributed by atoms with Gasteiger partial charge in [-0.3, -0.25) is 14.4 Å². The van der Waals surface area contributed by atoms with Gasteiger partial charge in [0, 0.05) is 34.9 Å². The van der Waals surface area contributed by atoms with Gasteiger partial charge in [0.25, 0.3) is 11.8 Å². The van der Waals surface area contributed by atoms with Crippen LogP contribution < -0.4 is 10.6 Å². The summed E-state index contributed by atoms with van der Waals surface area (Å²) in [5.74, 6) is -2.41. The summed E-state index contributed by atoms with van der Waals surface area (Å²) in [7, 11) is -3.52. The number of carbonyl (C=O) groups excluding carboxylic acids is 3. The summed E-state index contributed by atoms with van der Waals surface area (Å²) in [6, 6.07) is 4.18. The van der Waals surface area contributed by atoms with Crippen LogP contribution in [-0.4, -0.2) is 113 Å². The number of hydrogen-bond donors (Lipinski definition) is 7. The quantitative estimate of drug-likeness (QED) is 0.163. The number of aliphatic hydroxyl groups excluding tert-OH is 5. The lowest BCUT2D eigenvalue weighted by molar-refractivity contribution is -0.274. The number of ether oxygens (including phenoxy) is 2. The minimum atomic E-state index is -3.52. The van der Waals surface area contributed by atoms with Gasteiger partial charge in [0.05, 0.1) is 25.2 Å². The van der Waals surface area contributed by atoms with Crippen LogP contribution in [0.25, 0.3) is 0 Å². The van der Waals surface area contributed by atoms with Crippen LogP contribution in [0.1, 0.15) is 31.7 Å². The third kappa shape index (κ3) is 5.05. The Kier molecular flexibility index (Phi) is 8.26. The minimum absolute atomic E-state index is 0.153. The smallest absolute Gasteiger partial charge is 0.261 e. The number of carbonyl (C=O) groups is 3. The number of anilines is 2. The first-order valence-electron chi connectivity index (χ1n) is 14.1. The van der Waals surface area contributed by atoms with Crippen molar-refractivity contribution in [2.75, 3.05) is 23.8 Å². The molecule has 4 aliphatic rings. The molecule has 3 amide bonds. The molecule has 3 saturated heterocycles. The molecular weight excluding hydrogens is 573 g/mol. The fourth-order valence-electron chi connectivity index (χ4n) is 7.08. The molecule has 15 heteroatoms. The van der Waals surface area contributed by atoms with Crippen LogP contribution >= 0.6 is 0 Å². The molecule has 7 N–H and O–H groups in total. The van der Waals surface area contributed by atoms with Crippen molar-refractivity contribution in [2.45, 2.75) is 93.3 Å². The van der Waals surface area contributed by atoms with E-state index in [1.807, 2.05) is 0 Å². The van der Waals surface area contributed by atoms with Crippen molar-refractivity contribution in [3.05, 3.63) is 23.8 Å². The molecule has 0 unspecified atom stereocenters. The lowest BCUT2D eigenvalue weighted by atomic mass is 9.82. The monoisotopic (exact) mass is 611 g/mol. The Bertz CT molecular complexity index is 1250. The van der Waals surface area contributed by atoms with Crippen molar-refractivity contribution in [1.82, 2.24) is 4.90 Å². The molecule has 1 spiro atoms. The molecular formula is C27H38FN3O10Si. The number of hydrogen-bond acceptors (Lipinski definition) is 10. The van der Waals surface area contributed by atoms with Crippen LogP contribution in [0.5, 0.6) is 0 Å². The average molecular weight is 612 g/mol. The van der Waals surface area contributed by atoms with E-state index < -0.39 is 74.1 Å². The first-order chi connectivity index (χ1) is 19.7. The Balaban J connectivity index is 1.43. The maximum Gasteiger partial charge on any atom is 0.261 e. The van der Waals surface area contributed by atoms with Gasteiger partial charge in [-0.05, 0) is 44.1 Å². The number of nitrogens with one attached hydrogen (secondary N) is 2. The van der Waals surface area contributed by atoms with Crippen molar-refractivity contribution in [1.29, 1.82) is 0 Å². The molecule has 4 heterocycles. The van der Waals surface area contributed by atoms with Crippen LogP contribution in [-0.2, 0) is 29.5 Å². The summed E-state index contributed by atoms with van der Waals surface area (Å²) in [5.41, 5.74) is -1.50. The number of aliphatic hydroxyl groups is 5. The molecule has 5 rings (SSSR count). The lowest BCUT2D eigenvalue weighted by Gasteiger charge is -2.37. The second kappa shape index (κ2) is 11.2. The van der Waals surface area contributed by atoms with Gasteiger partial charge in [0.15, 0.2) is 18.0 Å². The van der Waals surface area contributed by atoms with E-state index in [1.165, 1.54) is 31.3 Å². The molecule has 232 valence electrons. The molecule has 4 aliphatic heterocycles. The number of rotatable bonds is 6. The normalized spacial score (nSPS) is 38.1. The predicted octanol–water partition coefficient (Wildman–Crippen LogP) is -0.474. The zero-order valence-electron chi connectivity index (χ0n) is 23.6. The van der Waals surface area contributed by atoms with Gasteiger partial charge >= 0.3 is 0 Å². The lowest BCUT2D eigenvalue weighted by Crippen LogP contribution is -2.60. The van der Waals surface area contributed by atoms with Crippen molar-refractivity contribution in [3.63, 3.8) is 0 Å². The van der Waals surface area contributed by atoms with Gasteiger partial charge in [-0.25, -0.2) is 0 Å². The zero-order valence-corrected chi connectivity index (χ0v) is 24.6. The standard InChI is InChI=1S/C27H38FN3O10Si/c1-12-23(42(2,3)28)17(10-18(33)31-8-4-5-14(31)11-32)41-27(12)15-9-13(6-7-16(15)30-26(27)39)29-24(37)22-20(35)19(34)21(36)25(38)40-22/h6-7,9,12,14,17,19-23,25,32,34-36,38H,4-5,8,10-11H2,1-3H3,(H,29,37)(H,30,39)/t12-,14-,17+,19-,20-,21+,22-,23-,25+,27+/m0/s1. The molecule has 0 saturated carbocycles. The van der Waals surface area contributed by atoms with E-state index in [4.69, 9.17) is 9.47 Å². The van der Waals surface area contributed by atoms with Gasteiger partial charge in [-0.15, -0.1) is 0 Å². The van der Waals surface area contributed by atoms with Gasteiger partial charge in [-0.2, -0.15) is 0 Å². The number of amides is 3. The van der Waals surface area contributed by atoms with Gasteiger partial charge in [-0.1, -0.05) is 6.92 Å². The molecule has 1 aromatic carbocycles. The topological polar surface area (TPSA) is 198 Å². The van der Waals surface area contributed by atoms with E-state index in [9.17, 15) is 39.9 Å². The van der Waals surface area contributed by atoms with E-state index in [2.05, 4.69) is 10.6 Å². The number of nitrogens with zero attached hydrogens (tertiary/aromatic N) is 1. The Morgan fingerprint density at radius 1 is 1.19 bits per heavy atom. The van der Waals surface area contributed by atoms with Crippen molar-refractivity contribution >= 4 is 37.5 Å². The maximum atomic E-state index is 15.9. The molecule has 0 bridgehead atoms. The highest BCUT2D eigenvalue weighted by Gasteiger charge is 2.65. The molecule has 1 aromatic rings. The van der Waals surface area contributed by atoms with E-state index in [-0.39, 0.29) is 30.7 Å². The van der Waals surface area contributed by atoms with Crippen molar-refractivity contribution in [3.8, 4) is 0 Å². The Labute approximate surface area is 242 Å². The number of likely N-dealkylation sites (tertiary alicyclic amines) is 1. The van der Waals surface area contributed by atoms with Gasteiger partial charge < -0.3 is 54.6 Å². The van der Waals surface area contributed by atoms with E-state index in [1.54, 1.807) is 11.8 Å². The van der Waals surface area contributed by atoms with Crippen LogP contribution in [0.4, 0.5) is 15.5 Å². The molecule has 0 radical (unpaired) electrons. The summed E-state index contributed by atoms with van der Waals surface area (Å²) in [6.45, 7) is 5.06. The third-order valence-corrected chi connectivity index (χ3v) is 11.6. The van der Waals surface area contributed by atoms with Gasteiger partial charge in [0.1, 0.15) is 18.3 Å². The minimum Gasteiger partial charge on any atom is -0.394 e. The molecule has 3 fully saturated rings. The molecule has 13 nitrogen and oxygen atoms in total. The highest BCUT2D eigenvalue weighted by molar-refractivity contribution is 6.72. The van der Waals surface area contributed by atoms with E-state index in [0.29, 0.717) is 24.2 Å². The van der Waals surface area contributed by atoms with Crippen LogP contribution in [0.2, 0.25) is 18.6 Å². The molecule has 42 heavy (non-hydrogen) atoms. The Morgan fingerprint density at radius 3 is 2.57 bits per heavy atom. The number of benzene rings is 1. The highest BCUT2D eigenvalue weighted by atomic mass is 28.4. The predicted molar refractivity (Wildman–Crippen MR) is 147 cm³/mol. The molecule has 10 atom stereocenters. The maximum absolute atomic E-state index is 15.9. The Morgan fingerprint density at radius 2 is 1.90 bits per heavy atom. The largest absolute Gasteiger partial charge is 0.394 e. The van der Waals surface area contributed by atoms with Crippen LogP contribution in [0.15, 0.2) is 18.2 Å². The van der Waals surface area contributed by atoms with Gasteiger partial charge in [0.2, 0.25) is 14.3 Å². The summed E-state index contributed by atoms with van der Waals surface area (Å²) < 4.78 is 27.3. The van der Waals surface area contributed by atoms with E-state index >= 15 is 4.11 Å². The first-order valence-corrected chi connectivity index (χ1v) is 17.1. The SMILES string of the molecule is C[C@H]1[C@H]([Si](C)(C)F)[C@@H](CC(=O)N2CCC[C@H]2CO)O[C@]12C(=O)Nc1ccc(NC(=O)[C@H]3O[C@@H](O)[C@H](O)[C@@H](O)[C@@H]3O)cc12. The first kappa shape index (κ1) is 30.9. The molecule has 0 aliphatic carbocycles. The number of fused-ring (bicyclic) bond motifs is 2. The second-order valence-electron chi connectivity index (χ2n) is 12.2. The highest BCUT2D eigenvalue weighted by Crippen LogP contribution is 2.59. The van der Waals surface area contributed by atoms with E-state index in [0.717, 1.165) is 6.42 Å². The third-order valence-electron chi connectivity index (χ3n) is 9.11. The fourth-order valence-corrected chi connectivity index (χ4v) is 9.57. The average Bonchev–Trinajstić information content (AvgIpc) is 3.60. The second-order valence-corrected chi connectivity index (χ2v) is 16.0. The number of halogens is 1. The van der Waals surface area contributed by atoms with Crippen LogP contribution in [0, 0.1) is 5.92 Å². The summed E-state index contributed by atoms with van der Waals surface area (Å²) in [6.07, 6.45) is -8.73. The summed E-state index contributed by atoms with van der Waals surface area (Å²) in [5, 5.41) is 54.7. The van der Waals surface area contributed by atoms with Crippen molar-refractivity contribution in [2.24, 2.45) is 5.92 Å². The van der Waals surface area contributed by atoms with Crippen LogP contribution in [0.3, 0.4) is 0 Å². The zero-order chi connectivity index (χ0) is 30.7. The fraction of sp³-hybridized carbons (Fsp3) is 0.667.